The van der Waals surface area contributed by atoms with Crippen molar-refractivity contribution in [2.24, 2.45) is 5.92 Å². The van der Waals surface area contributed by atoms with Crippen molar-refractivity contribution in [2.75, 3.05) is 6.61 Å². The second kappa shape index (κ2) is 4.75. The van der Waals surface area contributed by atoms with Gasteiger partial charge in [0.15, 0.2) is 0 Å². The predicted molar refractivity (Wildman–Crippen MR) is 59.1 cm³/mol. The smallest absolute Gasteiger partial charge is 0.350 e. The quantitative estimate of drug-likeness (QED) is 0.739. The highest BCUT2D eigenvalue weighted by atomic mass is 32.1. The van der Waals surface area contributed by atoms with Crippen molar-refractivity contribution in [3.63, 3.8) is 0 Å². The molecule has 0 saturated heterocycles. The molecule has 2 rings (SSSR count). The molecule has 0 bridgehead atoms. The maximum Gasteiger partial charge on any atom is 0.350 e. The molecule has 1 aliphatic carbocycles. The summed E-state index contributed by atoms with van der Waals surface area (Å²) >= 11 is 1.39. The van der Waals surface area contributed by atoms with Crippen LogP contribution in [0.15, 0.2) is 5.51 Å². The lowest BCUT2D eigenvalue weighted by Crippen LogP contribution is -2.16. The lowest BCUT2D eigenvalue weighted by atomic mass is 9.82. The highest BCUT2D eigenvalue weighted by molar-refractivity contribution is 7.11. The molecule has 0 aliphatic heterocycles. The zero-order chi connectivity index (χ0) is 10.7. The molecule has 0 amide bonds. The van der Waals surface area contributed by atoms with Crippen LogP contribution in [0.3, 0.4) is 0 Å². The van der Waals surface area contributed by atoms with Crippen molar-refractivity contribution in [1.82, 2.24) is 4.98 Å². The summed E-state index contributed by atoms with van der Waals surface area (Å²) in [5.41, 5.74) is 2.67. The Balaban J connectivity index is 2.03. The fraction of sp³-hybridized carbons (Fsp3) is 0.636. The molecule has 15 heavy (non-hydrogen) atoms. The van der Waals surface area contributed by atoms with Crippen LogP contribution in [0.5, 0.6) is 0 Å². The first kappa shape index (κ1) is 10.6. The van der Waals surface area contributed by atoms with Crippen LogP contribution < -0.4 is 0 Å². The molecular formula is C11H15NO2S. The van der Waals surface area contributed by atoms with Gasteiger partial charge in [-0.1, -0.05) is 19.3 Å². The van der Waals surface area contributed by atoms with Crippen LogP contribution in [0, 0.1) is 5.92 Å². The number of thiazole rings is 1. The van der Waals surface area contributed by atoms with E-state index in [1.54, 1.807) is 5.51 Å². The summed E-state index contributed by atoms with van der Waals surface area (Å²) < 4.78 is 4.99. The Morgan fingerprint density at radius 3 is 3.07 bits per heavy atom. The number of carbonyl (C=O) groups is 1. The van der Waals surface area contributed by atoms with E-state index in [2.05, 4.69) is 4.98 Å². The Morgan fingerprint density at radius 2 is 2.47 bits per heavy atom. The maximum absolute atomic E-state index is 11.6. The van der Waals surface area contributed by atoms with E-state index in [1.807, 2.05) is 6.92 Å². The average molecular weight is 225 g/mol. The van der Waals surface area contributed by atoms with Gasteiger partial charge >= 0.3 is 5.97 Å². The van der Waals surface area contributed by atoms with Crippen LogP contribution in [0.25, 0.3) is 0 Å². The summed E-state index contributed by atoms with van der Waals surface area (Å²) in [5, 5.41) is 0. The lowest BCUT2D eigenvalue weighted by molar-refractivity contribution is 0.0530. The van der Waals surface area contributed by atoms with Crippen molar-refractivity contribution in [3.8, 4) is 0 Å². The Bertz CT molecular complexity index is 344. The fourth-order valence-electron chi connectivity index (χ4n) is 1.75. The number of hydrogen-bond donors (Lipinski definition) is 0. The normalized spacial score (nSPS) is 16.1. The van der Waals surface area contributed by atoms with Gasteiger partial charge in [0.1, 0.15) is 4.88 Å². The van der Waals surface area contributed by atoms with Gasteiger partial charge in [-0.2, -0.15) is 0 Å². The van der Waals surface area contributed by atoms with Crippen LogP contribution >= 0.6 is 11.3 Å². The van der Waals surface area contributed by atoms with Gasteiger partial charge in [-0.3, -0.25) is 0 Å². The standard InChI is InChI=1S/C11H15NO2S/c1-2-14-11(13)10-9(12-7-15-10)6-8-4-3-5-8/h7-8H,2-6H2,1H3. The third-order valence-electron chi connectivity index (χ3n) is 2.81. The summed E-state index contributed by atoms with van der Waals surface area (Å²) in [6.45, 7) is 2.25. The minimum absolute atomic E-state index is 0.214. The van der Waals surface area contributed by atoms with E-state index < -0.39 is 0 Å². The first-order valence-electron chi connectivity index (χ1n) is 5.40. The SMILES string of the molecule is CCOC(=O)c1scnc1CC1CCC1. The van der Waals surface area contributed by atoms with Crippen molar-refractivity contribution in [3.05, 3.63) is 16.1 Å². The molecular weight excluding hydrogens is 210 g/mol. The number of esters is 1. The topological polar surface area (TPSA) is 39.2 Å². The molecule has 0 unspecified atom stereocenters. The molecule has 0 atom stereocenters. The second-order valence-corrected chi connectivity index (χ2v) is 4.70. The molecule has 4 heteroatoms. The Kier molecular flexibility index (Phi) is 3.36. The molecule has 1 aromatic rings. The van der Waals surface area contributed by atoms with E-state index in [1.165, 1.54) is 30.6 Å². The number of rotatable bonds is 4. The molecule has 1 aliphatic rings. The maximum atomic E-state index is 11.6. The molecule has 1 heterocycles. The van der Waals surface area contributed by atoms with Crippen molar-refractivity contribution in [1.29, 1.82) is 0 Å². The Hall–Kier alpha value is -0.900. The van der Waals surface area contributed by atoms with E-state index in [0.29, 0.717) is 11.5 Å². The molecule has 1 aromatic heterocycles. The molecule has 82 valence electrons. The summed E-state index contributed by atoms with van der Waals surface area (Å²) in [6.07, 6.45) is 4.82. The molecule has 0 spiro atoms. The van der Waals surface area contributed by atoms with Gasteiger partial charge < -0.3 is 4.74 Å². The summed E-state index contributed by atoms with van der Waals surface area (Å²) in [7, 11) is 0. The van der Waals surface area contributed by atoms with Gasteiger partial charge in [-0.15, -0.1) is 11.3 Å². The van der Waals surface area contributed by atoms with Gasteiger partial charge in [0, 0.05) is 0 Å². The van der Waals surface area contributed by atoms with Crippen LogP contribution in [-0.4, -0.2) is 17.6 Å². The van der Waals surface area contributed by atoms with Crippen LogP contribution in [-0.2, 0) is 11.2 Å². The summed E-state index contributed by atoms with van der Waals surface area (Å²) in [6, 6.07) is 0. The van der Waals surface area contributed by atoms with Crippen LogP contribution in [0.1, 0.15) is 41.6 Å². The zero-order valence-electron chi connectivity index (χ0n) is 8.86. The van der Waals surface area contributed by atoms with E-state index in [4.69, 9.17) is 4.74 Å². The number of nitrogens with zero attached hydrogens (tertiary/aromatic N) is 1. The minimum atomic E-state index is -0.214. The highest BCUT2D eigenvalue weighted by Gasteiger charge is 2.23. The monoisotopic (exact) mass is 225 g/mol. The van der Waals surface area contributed by atoms with Gasteiger partial charge in [0.05, 0.1) is 17.8 Å². The van der Waals surface area contributed by atoms with Gasteiger partial charge in [0.25, 0.3) is 0 Å². The summed E-state index contributed by atoms with van der Waals surface area (Å²) in [4.78, 5) is 16.5. The first-order chi connectivity index (χ1) is 7.31. The number of aromatic nitrogens is 1. The fourth-order valence-corrected chi connectivity index (χ4v) is 2.46. The Morgan fingerprint density at radius 1 is 1.67 bits per heavy atom. The molecule has 3 nitrogen and oxygen atoms in total. The van der Waals surface area contributed by atoms with E-state index in [9.17, 15) is 4.79 Å². The predicted octanol–water partition coefficient (Wildman–Crippen LogP) is 2.66. The number of carbonyl (C=O) groups excluding carboxylic acids is 1. The van der Waals surface area contributed by atoms with Gasteiger partial charge in [-0.25, -0.2) is 9.78 Å². The molecule has 0 radical (unpaired) electrons. The lowest BCUT2D eigenvalue weighted by Gasteiger charge is -2.24. The largest absolute Gasteiger partial charge is 0.462 e. The van der Waals surface area contributed by atoms with E-state index in [-0.39, 0.29) is 5.97 Å². The first-order valence-corrected chi connectivity index (χ1v) is 6.28. The molecule has 1 saturated carbocycles. The second-order valence-electron chi connectivity index (χ2n) is 3.85. The van der Waals surface area contributed by atoms with Crippen LogP contribution in [0.4, 0.5) is 0 Å². The number of hydrogen-bond acceptors (Lipinski definition) is 4. The third kappa shape index (κ3) is 2.37. The third-order valence-corrected chi connectivity index (χ3v) is 3.66. The number of ether oxygens (including phenoxy) is 1. The average Bonchev–Trinajstić information content (AvgIpc) is 2.59. The summed E-state index contributed by atoms with van der Waals surface area (Å²) in [5.74, 6) is 0.523. The Labute approximate surface area is 93.5 Å². The zero-order valence-corrected chi connectivity index (χ0v) is 9.68. The van der Waals surface area contributed by atoms with Crippen molar-refractivity contribution < 1.29 is 9.53 Å². The van der Waals surface area contributed by atoms with Crippen molar-refractivity contribution in [2.45, 2.75) is 32.6 Å². The van der Waals surface area contributed by atoms with Crippen molar-refractivity contribution >= 4 is 17.3 Å². The molecule has 1 fully saturated rings. The minimum Gasteiger partial charge on any atom is -0.462 e. The highest BCUT2D eigenvalue weighted by Crippen LogP contribution is 2.31. The molecule has 0 aromatic carbocycles. The van der Waals surface area contributed by atoms with E-state index in [0.717, 1.165) is 18.0 Å². The van der Waals surface area contributed by atoms with Gasteiger partial charge in [0.2, 0.25) is 0 Å². The molecule has 0 N–H and O–H groups in total. The van der Waals surface area contributed by atoms with Gasteiger partial charge in [-0.05, 0) is 19.3 Å². The van der Waals surface area contributed by atoms with E-state index >= 15 is 0 Å². The van der Waals surface area contributed by atoms with Crippen LogP contribution in [0.2, 0.25) is 0 Å².